The molecule has 2 heterocycles. The maximum absolute atomic E-state index is 9.32. The highest BCUT2D eigenvalue weighted by Crippen LogP contribution is 2.23. The first-order valence-corrected chi connectivity index (χ1v) is 6.69. The molecule has 20 heavy (non-hydrogen) atoms. The lowest BCUT2D eigenvalue weighted by molar-refractivity contribution is 0.0834. The first kappa shape index (κ1) is 12.8. The summed E-state index contributed by atoms with van der Waals surface area (Å²) in [5.41, 5.74) is 0. The van der Waals surface area contributed by atoms with Gasteiger partial charge >= 0.3 is 0 Å². The van der Waals surface area contributed by atoms with Crippen molar-refractivity contribution in [3.8, 4) is 5.95 Å². The van der Waals surface area contributed by atoms with Crippen molar-refractivity contribution in [1.82, 2.24) is 24.7 Å². The number of rotatable bonds is 5. The van der Waals surface area contributed by atoms with Gasteiger partial charge in [-0.25, -0.2) is 4.68 Å². The highest BCUT2D eigenvalue weighted by Gasteiger charge is 2.27. The number of anilines is 2. The van der Waals surface area contributed by atoms with Crippen molar-refractivity contribution in [1.29, 1.82) is 0 Å². The van der Waals surface area contributed by atoms with Crippen LogP contribution in [0.15, 0.2) is 18.5 Å². The Hall–Kier alpha value is -2.22. The van der Waals surface area contributed by atoms with Crippen LogP contribution in [0.25, 0.3) is 5.95 Å². The van der Waals surface area contributed by atoms with E-state index in [1.54, 1.807) is 17.1 Å². The first-order chi connectivity index (χ1) is 9.74. The van der Waals surface area contributed by atoms with Crippen LogP contribution in [-0.4, -0.2) is 48.5 Å². The number of hydrogen-bond donors (Lipinski definition) is 3. The Labute approximate surface area is 116 Å². The highest BCUT2D eigenvalue weighted by molar-refractivity contribution is 5.38. The van der Waals surface area contributed by atoms with Crippen LogP contribution in [0, 0.1) is 0 Å². The third-order valence-corrected chi connectivity index (χ3v) is 3.11. The summed E-state index contributed by atoms with van der Waals surface area (Å²) in [5.74, 6) is 1.47. The molecule has 3 rings (SSSR count). The molecule has 2 aromatic heterocycles. The second kappa shape index (κ2) is 5.41. The molecule has 1 saturated carbocycles. The van der Waals surface area contributed by atoms with Crippen LogP contribution in [0.4, 0.5) is 11.9 Å². The summed E-state index contributed by atoms with van der Waals surface area (Å²) in [4.78, 5) is 13.0. The van der Waals surface area contributed by atoms with Gasteiger partial charge in [-0.3, -0.25) is 0 Å². The van der Waals surface area contributed by atoms with Gasteiger partial charge in [-0.2, -0.15) is 20.1 Å². The highest BCUT2D eigenvalue weighted by atomic mass is 16.3. The predicted molar refractivity (Wildman–Crippen MR) is 73.8 cm³/mol. The molecule has 8 nitrogen and oxygen atoms in total. The Balaban J connectivity index is 1.84. The molecule has 0 unspecified atom stereocenters. The molecule has 1 aliphatic rings. The maximum atomic E-state index is 9.32. The van der Waals surface area contributed by atoms with E-state index in [2.05, 4.69) is 30.7 Å². The van der Waals surface area contributed by atoms with E-state index in [4.69, 9.17) is 0 Å². The van der Waals surface area contributed by atoms with E-state index < -0.39 is 0 Å². The smallest absolute Gasteiger partial charge is 0.257 e. The largest absolute Gasteiger partial charge is 0.393 e. The van der Waals surface area contributed by atoms with E-state index in [0.717, 1.165) is 19.4 Å². The van der Waals surface area contributed by atoms with Crippen LogP contribution in [0.1, 0.15) is 19.8 Å². The van der Waals surface area contributed by atoms with Crippen LogP contribution >= 0.6 is 0 Å². The summed E-state index contributed by atoms with van der Waals surface area (Å²) < 4.78 is 1.59. The van der Waals surface area contributed by atoms with Gasteiger partial charge in [-0.1, -0.05) is 0 Å². The average Bonchev–Trinajstić information content (AvgIpc) is 2.91. The zero-order valence-electron chi connectivity index (χ0n) is 11.2. The lowest BCUT2D eigenvalue weighted by atomic mass is 9.90. The van der Waals surface area contributed by atoms with Crippen molar-refractivity contribution in [2.45, 2.75) is 31.9 Å². The minimum Gasteiger partial charge on any atom is -0.393 e. The van der Waals surface area contributed by atoms with Gasteiger partial charge < -0.3 is 15.7 Å². The van der Waals surface area contributed by atoms with Crippen molar-refractivity contribution in [2.75, 3.05) is 17.2 Å². The zero-order chi connectivity index (χ0) is 13.9. The molecule has 0 spiro atoms. The summed E-state index contributed by atoms with van der Waals surface area (Å²) in [5, 5.41) is 19.7. The quantitative estimate of drug-likeness (QED) is 0.727. The van der Waals surface area contributed by atoms with Crippen LogP contribution in [0.3, 0.4) is 0 Å². The standard InChI is InChI=1S/C12H17N7O/c1-2-13-10-16-11(15-8-6-9(20)7-8)18-12(17-10)19-5-3-4-14-19/h3-5,8-9,20H,2,6-7H2,1H3,(H2,13,15,16,17,18). The number of nitrogens with zero attached hydrogens (tertiary/aromatic N) is 5. The third kappa shape index (κ3) is 2.69. The fourth-order valence-electron chi connectivity index (χ4n) is 2.04. The van der Waals surface area contributed by atoms with Gasteiger partial charge in [0.25, 0.3) is 5.95 Å². The summed E-state index contributed by atoms with van der Waals surface area (Å²) >= 11 is 0. The lowest BCUT2D eigenvalue weighted by Crippen LogP contribution is -2.39. The third-order valence-electron chi connectivity index (χ3n) is 3.11. The summed E-state index contributed by atoms with van der Waals surface area (Å²) in [7, 11) is 0. The number of aliphatic hydroxyl groups is 1. The fourth-order valence-corrected chi connectivity index (χ4v) is 2.04. The molecule has 0 amide bonds. The van der Waals surface area contributed by atoms with Crippen molar-refractivity contribution < 1.29 is 5.11 Å². The molecular weight excluding hydrogens is 258 g/mol. The molecule has 106 valence electrons. The molecule has 1 fully saturated rings. The summed E-state index contributed by atoms with van der Waals surface area (Å²) in [6.45, 7) is 2.71. The Morgan fingerprint density at radius 2 is 2.10 bits per heavy atom. The molecule has 0 saturated heterocycles. The SMILES string of the molecule is CCNc1nc(NC2CC(O)C2)nc(-n2cccn2)n1. The maximum Gasteiger partial charge on any atom is 0.257 e. The second-order valence-electron chi connectivity index (χ2n) is 4.73. The number of aliphatic hydroxyl groups excluding tert-OH is 1. The van der Waals surface area contributed by atoms with Crippen molar-refractivity contribution in [3.05, 3.63) is 18.5 Å². The van der Waals surface area contributed by atoms with Gasteiger partial charge in [0.2, 0.25) is 11.9 Å². The van der Waals surface area contributed by atoms with Gasteiger partial charge in [0.1, 0.15) is 0 Å². The van der Waals surface area contributed by atoms with Gasteiger partial charge in [-0.05, 0) is 25.8 Å². The minimum absolute atomic E-state index is 0.215. The topological polar surface area (TPSA) is 101 Å². The van der Waals surface area contributed by atoms with Gasteiger partial charge in [0.05, 0.1) is 6.10 Å². The van der Waals surface area contributed by atoms with Crippen molar-refractivity contribution in [3.63, 3.8) is 0 Å². The molecule has 8 heteroatoms. The van der Waals surface area contributed by atoms with Crippen LogP contribution in [-0.2, 0) is 0 Å². The number of aromatic nitrogens is 5. The molecule has 2 aromatic rings. The van der Waals surface area contributed by atoms with Crippen LogP contribution in [0.2, 0.25) is 0 Å². The molecule has 0 bridgehead atoms. The van der Waals surface area contributed by atoms with E-state index >= 15 is 0 Å². The molecule has 3 N–H and O–H groups in total. The Bertz CT molecular complexity index is 565. The molecule has 0 aromatic carbocycles. The minimum atomic E-state index is -0.215. The fraction of sp³-hybridized carbons (Fsp3) is 0.500. The van der Waals surface area contributed by atoms with Gasteiger partial charge in [-0.15, -0.1) is 0 Å². The summed E-state index contributed by atoms with van der Waals surface area (Å²) in [6, 6.07) is 2.03. The summed E-state index contributed by atoms with van der Waals surface area (Å²) in [6.07, 6.45) is 4.68. The second-order valence-corrected chi connectivity index (χ2v) is 4.73. The van der Waals surface area contributed by atoms with Crippen molar-refractivity contribution >= 4 is 11.9 Å². The molecule has 0 radical (unpaired) electrons. The molecular formula is C12H17N7O. The van der Waals surface area contributed by atoms with E-state index in [1.807, 2.05) is 13.0 Å². The number of nitrogens with one attached hydrogen (secondary N) is 2. The van der Waals surface area contributed by atoms with E-state index in [1.165, 1.54) is 0 Å². The van der Waals surface area contributed by atoms with Gasteiger partial charge in [0.15, 0.2) is 0 Å². The molecule has 1 aliphatic carbocycles. The Kier molecular flexibility index (Phi) is 3.46. The lowest BCUT2D eigenvalue weighted by Gasteiger charge is -2.31. The van der Waals surface area contributed by atoms with Crippen molar-refractivity contribution in [2.24, 2.45) is 0 Å². The predicted octanol–water partition coefficient (Wildman–Crippen LogP) is 0.424. The average molecular weight is 275 g/mol. The van der Waals surface area contributed by atoms with E-state index in [0.29, 0.717) is 17.8 Å². The van der Waals surface area contributed by atoms with Gasteiger partial charge in [0, 0.05) is 25.0 Å². The Morgan fingerprint density at radius 1 is 1.30 bits per heavy atom. The monoisotopic (exact) mass is 275 g/mol. The zero-order valence-corrected chi connectivity index (χ0v) is 11.2. The molecule has 0 aliphatic heterocycles. The number of hydrogen-bond acceptors (Lipinski definition) is 7. The normalized spacial score (nSPS) is 21.3. The Morgan fingerprint density at radius 3 is 2.75 bits per heavy atom. The van der Waals surface area contributed by atoms with Crippen LogP contribution < -0.4 is 10.6 Å². The molecule has 0 atom stereocenters. The van der Waals surface area contributed by atoms with Crippen LogP contribution in [0.5, 0.6) is 0 Å². The van der Waals surface area contributed by atoms with E-state index in [9.17, 15) is 5.11 Å². The van der Waals surface area contributed by atoms with E-state index in [-0.39, 0.29) is 12.1 Å². The first-order valence-electron chi connectivity index (χ1n) is 6.69.